The molecule has 1 N–H and O–H groups in total. The van der Waals surface area contributed by atoms with Gasteiger partial charge in [0.2, 0.25) is 0 Å². The summed E-state index contributed by atoms with van der Waals surface area (Å²) < 4.78 is 32.1. The second-order valence-electron chi connectivity index (χ2n) is 3.86. The number of hydrogen-bond donors (Lipinski definition) is 1. The van der Waals surface area contributed by atoms with Crippen LogP contribution in [-0.2, 0) is 10.0 Å². The lowest BCUT2D eigenvalue weighted by molar-refractivity contribution is 0.403. The molecule has 0 aliphatic carbocycles. The number of pyridine rings is 1. The summed E-state index contributed by atoms with van der Waals surface area (Å²) in [6, 6.07) is 5.62. The van der Waals surface area contributed by atoms with Crippen molar-refractivity contribution >= 4 is 50.6 Å². The van der Waals surface area contributed by atoms with Crippen LogP contribution >= 0.6 is 34.8 Å². The van der Waals surface area contributed by atoms with Crippen LogP contribution in [0.15, 0.2) is 35.4 Å². The Balaban J connectivity index is 2.45. The first-order chi connectivity index (χ1) is 9.85. The molecule has 0 amide bonds. The number of ether oxygens (including phenoxy) is 1. The molecule has 0 radical (unpaired) electrons. The van der Waals surface area contributed by atoms with E-state index in [1.165, 1.54) is 37.6 Å². The van der Waals surface area contributed by atoms with E-state index in [0.29, 0.717) is 5.02 Å². The fraction of sp³-hybridized carbons (Fsp3) is 0.0833. The quantitative estimate of drug-likeness (QED) is 0.891. The van der Waals surface area contributed by atoms with Crippen LogP contribution in [0.2, 0.25) is 15.1 Å². The Morgan fingerprint density at radius 3 is 2.43 bits per heavy atom. The standard InChI is InChI=1S/C12H9Cl3N2O3S/c1-20-12-9(4-3-8(14)11(12)15)21(18,19)17-10-5-2-7(13)6-16-10/h2-6H,1H3,(H,16,17). The minimum Gasteiger partial charge on any atom is -0.494 e. The summed E-state index contributed by atoms with van der Waals surface area (Å²) >= 11 is 17.5. The number of sulfonamides is 1. The Hall–Kier alpha value is -1.21. The van der Waals surface area contributed by atoms with Gasteiger partial charge in [-0.2, -0.15) is 0 Å². The predicted octanol–water partition coefficient (Wildman–Crippen LogP) is 3.85. The number of hydrogen-bond acceptors (Lipinski definition) is 4. The molecule has 0 aliphatic heterocycles. The summed E-state index contributed by atoms with van der Waals surface area (Å²) in [4.78, 5) is 3.72. The van der Waals surface area contributed by atoms with Crippen LogP contribution in [0.1, 0.15) is 0 Å². The molecule has 0 aliphatic rings. The monoisotopic (exact) mass is 366 g/mol. The van der Waals surface area contributed by atoms with Gasteiger partial charge in [0.05, 0.1) is 17.2 Å². The summed E-state index contributed by atoms with van der Waals surface area (Å²) in [5, 5.41) is 0.605. The van der Waals surface area contributed by atoms with Crippen molar-refractivity contribution in [1.29, 1.82) is 0 Å². The number of nitrogens with zero attached hydrogens (tertiary/aromatic N) is 1. The zero-order valence-electron chi connectivity index (χ0n) is 10.6. The van der Waals surface area contributed by atoms with E-state index < -0.39 is 10.0 Å². The van der Waals surface area contributed by atoms with E-state index in [2.05, 4.69) is 9.71 Å². The maximum absolute atomic E-state index is 12.4. The summed E-state index contributed by atoms with van der Waals surface area (Å²) in [5.74, 6) is 0.0816. The van der Waals surface area contributed by atoms with Crippen molar-refractivity contribution in [2.45, 2.75) is 4.90 Å². The van der Waals surface area contributed by atoms with Gasteiger partial charge in [0.15, 0.2) is 5.75 Å². The SMILES string of the molecule is COc1c(S(=O)(=O)Nc2ccc(Cl)cn2)ccc(Cl)c1Cl. The minimum atomic E-state index is -3.93. The number of nitrogens with one attached hydrogen (secondary N) is 1. The lowest BCUT2D eigenvalue weighted by Gasteiger charge is -2.13. The van der Waals surface area contributed by atoms with Crippen molar-refractivity contribution < 1.29 is 13.2 Å². The van der Waals surface area contributed by atoms with Crippen LogP contribution in [0.4, 0.5) is 5.82 Å². The van der Waals surface area contributed by atoms with Gasteiger partial charge in [-0.25, -0.2) is 13.4 Å². The molecular formula is C12H9Cl3N2O3S. The lowest BCUT2D eigenvalue weighted by atomic mass is 10.3. The highest BCUT2D eigenvalue weighted by atomic mass is 35.5. The molecule has 112 valence electrons. The van der Waals surface area contributed by atoms with E-state index in [1.807, 2.05) is 0 Å². The van der Waals surface area contributed by atoms with Crippen LogP contribution in [0.3, 0.4) is 0 Å². The highest BCUT2D eigenvalue weighted by molar-refractivity contribution is 7.92. The molecule has 2 rings (SSSR count). The number of halogens is 3. The molecule has 0 fully saturated rings. The van der Waals surface area contributed by atoms with Crippen LogP contribution in [0.5, 0.6) is 5.75 Å². The van der Waals surface area contributed by atoms with E-state index in [-0.39, 0.29) is 26.5 Å². The van der Waals surface area contributed by atoms with E-state index in [9.17, 15) is 8.42 Å². The van der Waals surface area contributed by atoms with E-state index in [1.54, 1.807) is 0 Å². The fourth-order valence-corrected chi connectivity index (χ4v) is 3.29. The lowest BCUT2D eigenvalue weighted by Crippen LogP contribution is -2.15. The highest BCUT2D eigenvalue weighted by Crippen LogP contribution is 2.37. The molecule has 2 aromatic rings. The molecule has 1 aromatic heterocycles. The Labute approximate surface area is 136 Å². The molecular weight excluding hydrogens is 359 g/mol. The highest BCUT2D eigenvalue weighted by Gasteiger charge is 2.23. The zero-order valence-corrected chi connectivity index (χ0v) is 13.7. The van der Waals surface area contributed by atoms with Gasteiger partial charge in [-0.3, -0.25) is 4.72 Å². The fourth-order valence-electron chi connectivity index (χ4n) is 1.54. The normalized spacial score (nSPS) is 11.2. The third-order valence-electron chi connectivity index (χ3n) is 2.47. The number of methoxy groups -OCH3 is 1. The average molecular weight is 368 g/mol. The third-order valence-corrected chi connectivity index (χ3v) is 4.86. The van der Waals surface area contributed by atoms with Crippen LogP contribution < -0.4 is 9.46 Å². The summed E-state index contributed by atoms with van der Waals surface area (Å²) in [6.07, 6.45) is 1.32. The summed E-state index contributed by atoms with van der Waals surface area (Å²) in [7, 11) is -2.63. The third kappa shape index (κ3) is 3.52. The zero-order chi connectivity index (χ0) is 15.6. The van der Waals surface area contributed by atoms with Crippen LogP contribution in [0.25, 0.3) is 0 Å². The molecule has 1 heterocycles. The molecule has 21 heavy (non-hydrogen) atoms. The van der Waals surface area contributed by atoms with Crippen molar-refractivity contribution in [1.82, 2.24) is 4.98 Å². The smallest absolute Gasteiger partial charge is 0.266 e. The summed E-state index contributed by atoms with van der Waals surface area (Å²) in [6.45, 7) is 0. The average Bonchev–Trinajstić information content (AvgIpc) is 2.43. The Morgan fingerprint density at radius 2 is 1.86 bits per heavy atom. The Bertz CT molecular complexity index is 764. The van der Waals surface area contributed by atoms with Crippen LogP contribution in [0, 0.1) is 0 Å². The van der Waals surface area contributed by atoms with Gasteiger partial charge in [0, 0.05) is 6.20 Å². The Morgan fingerprint density at radius 1 is 1.14 bits per heavy atom. The molecule has 1 aromatic carbocycles. The maximum atomic E-state index is 12.4. The molecule has 9 heteroatoms. The predicted molar refractivity (Wildman–Crippen MR) is 83.1 cm³/mol. The van der Waals surface area contributed by atoms with Gasteiger partial charge in [-0.05, 0) is 24.3 Å². The maximum Gasteiger partial charge on any atom is 0.266 e. The second-order valence-corrected chi connectivity index (χ2v) is 6.73. The number of benzene rings is 1. The van der Waals surface area contributed by atoms with Gasteiger partial charge in [-0.15, -0.1) is 0 Å². The van der Waals surface area contributed by atoms with Gasteiger partial charge in [-0.1, -0.05) is 34.8 Å². The Kier molecular flexibility index (Phi) is 4.83. The number of rotatable bonds is 4. The molecule has 0 spiro atoms. The molecule has 0 bridgehead atoms. The minimum absolute atomic E-state index is 0.0195. The largest absolute Gasteiger partial charge is 0.494 e. The van der Waals surface area contributed by atoms with Gasteiger partial charge in [0.25, 0.3) is 10.0 Å². The first-order valence-corrected chi connectivity index (χ1v) is 8.13. The van der Waals surface area contributed by atoms with Gasteiger partial charge >= 0.3 is 0 Å². The van der Waals surface area contributed by atoms with E-state index >= 15 is 0 Å². The second kappa shape index (κ2) is 6.27. The van der Waals surface area contributed by atoms with Crippen molar-refractivity contribution in [3.63, 3.8) is 0 Å². The molecule has 0 unspecified atom stereocenters. The topological polar surface area (TPSA) is 68.3 Å². The molecule has 0 saturated heterocycles. The van der Waals surface area contributed by atoms with Crippen LogP contribution in [-0.4, -0.2) is 20.5 Å². The van der Waals surface area contributed by atoms with Crippen molar-refractivity contribution in [2.75, 3.05) is 11.8 Å². The molecule has 5 nitrogen and oxygen atoms in total. The van der Waals surface area contributed by atoms with E-state index in [0.717, 1.165) is 0 Å². The van der Waals surface area contributed by atoms with Gasteiger partial charge < -0.3 is 4.74 Å². The van der Waals surface area contributed by atoms with E-state index in [4.69, 9.17) is 39.5 Å². The molecule has 0 atom stereocenters. The first kappa shape index (κ1) is 16.2. The van der Waals surface area contributed by atoms with Crippen molar-refractivity contribution in [2.24, 2.45) is 0 Å². The summed E-state index contributed by atoms with van der Waals surface area (Å²) in [5.41, 5.74) is 0. The first-order valence-electron chi connectivity index (χ1n) is 5.51. The van der Waals surface area contributed by atoms with Gasteiger partial charge in [0.1, 0.15) is 15.7 Å². The van der Waals surface area contributed by atoms with Crippen molar-refractivity contribution in [3.8, 4) is 5.75 Å². The number of aromatic nitrogens is 1. The van der Waals surface area contributed by atoms with Crippen molar-refractivity contribution in [3.05, 3.63) is 45.5 Å². The molecule has 0 saturated carbocycles. The number of anilines is 1.